The first kappa shape index (κ1) is 19.8. The Labute approximate surface area is 165 Å². The van der Waals surface area contributed by atoms with Gasteiger partial charge in [0.15, 0.2) is 0 Å². The number of methoxy groups -OCH3 is 1. The van der Waals surface area contributed by atoms with E-state index in [0.717, 1.165) is 33.5 Å². The highest BCUT2D eigenvalue weighted by Gasteiger charge is 2.20. The molecule has 0 aliphatic rings. The number of carbonyl (C=O) groups excluding carboxylic acids is 1. The minimum absolute atomic E-state index is 0.317. The van der Waals surface area contributed by atoms with Crippen LogP contribution in [0.4, 0.5) is 0 Å². The molecule has 3 rings (SSSR count). The quantitative estimate of drug-likeness (QED) is 0.572. The second kappa shape index (κ2) is 8.85. The van der Waals surface area contributed by atoms with Gasteiger partial charge in [0.05, 0.1) is 30.5 Å². The van der Waals surface area contributed by atoms with Gasteiger partial charge < -0.3 is 9.47 Å². The highest BCUT2D eigenvalue weighted by atomic mass is 16.5. The van der Waals surface area contributed by atoms with Crippen LogP contribution in [-0.2, 0) is 17.8 Å². The Balaban J connectivity index is 1.93. The van der Waals surface area contributed by atoms with E-state index in [9.17, 15) is 4.79 Å². The standard InChI is InChI=1S/C23H26N2O3/c1-5-28-23(26)22-16(2)19-11-6-7-12-20(19)24-21(22)15-25(3)14-17-9-8-10-18(13-17)27-4/h6-13H,5,14-15H2,1-4H3. The van der Waals surface area contributed by atoms with Crippen molar-refractivity contribution in [2.75, 3.05) is 20.8 Å². The smallest absolute Gasteiger partial charge is 0.340 e. The zero-order valence-corrected chi connectivity index (χ0v) is 16.9. The normalized spacial score (nSPS) is 11.0. The highest BCUT2D eigenvalue weighted by molar-refractivity contribution is 5.98. The van der Waals surface area contributed by atoms with Crippen LogP contribution in [0.3, 0.4) is 0 Å². The third kappa shape index (κ3) is 4.31. The maximum absolute atomic E-state index is 12.7. The number of hydrogen-bond donors (Lipinski definition) is 0. The molecule has 0 N–H and O–H groups in total. The Morgan fingerprint density at radius 2 is 1.89 bits per heavy atom. The average molecular weight is 378 g/mol. The van der Waals surface area contributed by atoms with Crippen LogP contribution in [0.2, 0.25) is 0 Å². The molecule has 0 bridgehead atoms. The molecule has 0 saturated heterocycles. The molecule has 3 aromatic rings. The molecule has 0 fully saturated rings. The van der Waals surface area contributed by atoms with Crippen molar-refractivity contribution in [2.24, 2.45) is 0 Å². The number of hydrogen-bond acceptors (Lipinski definition) is 5. The van der Waals surface area contributed by atoms with Crippen LogP contribution in [-0.4, -0.2) is 36.6 Å². The van der Waals surface area contributed by atoms with Crippen molar-refractivity contribution in [3.63, 3.8) is 0 Å². The van der Waals surface area contributed by atoms with Gasteiger partial charge in [-0.15, -0.1) is 0 Å². The topological polar surface area (TPSA) is 51.7 Å². The van der Waals surface area contributed by atoms with Gasteiger partial charge in [-0.3, -0.25) is 9.88 Å². The van der Waals surface area contributed by atoms with E-state index in [4.69, 9.17) is 14.5 Å². The molecule has 1 aromatic heterocycles. The third-order valence-electron chi connectivity index (χ3n) is 4.71. The first-order valence-corrected chi connectivity index (χ1v) is 9.40. The van der Waals surface area contributed by atoms with Gasteiger partial charge in [-0.05, 0) is 50.2 Å². The maximum Gasteiger partial charge on any atom is 0.340 e. The minimum atomic E-state index is -0.317. The largest absolute Gasteiger partial charge is 0.497 e. The SMILES string of the molecule is CCOC(=O)c1c(CN(C)Cc2cccc(OC)c2)nc2ccccc2c1C. The molecule has 0 atom stereocenters. The van der Waals surface area contributed by atoms with Gasteiger partial charge in [-0.25, -0.2) is 4.79 Å². The lowest BCUT2D eigenvalue weighted by Gasteiger charge is -2.20. The lowest BCUT2D eigenvalue weighted by atomic mass is 10.0. The van der Waals surface area contributed by atoms with Gasteiger partial charge >= 0.3 is 5.97 Å². The van der Waals surface area contributed by atoms with Gasteiger partial charge in [0.2, 0.25) is 0 Å². The summed E-state index contributed by atoms with van der Waals surface area (Å²) in [5.41, 5.74) is 4.24. The van der Waals surface area contributed by atoms with Crippen molar-refractivity contribution in [1.29, 1.82) is 0 Å². The van der Waals surface area contributed by atoms with E-state index >= 15 is 0 Å². The first-order chi connectivity index (χ1) is 13.5. The van der Waals surface area contributed by atoms with Crippen molar-refractivity contribution in [3.05, 3.63) is 70.9 Å². The Morgan fingerprint density at radius 3 is 2.64 bits per heavy atom. The van der Waals surface area contributed by atoms with Crippen LogP contribution >= 0.6 is 0 Å². The summed E-state index contributed by atoms with van der Waals surface area (Å²) in [6, 6.07) is 15.9. The molecule has 0 aliphatic heterocycles. The number of para-hydroxylation sites is 1. The molecule has 1 heterocycles. The summed E-state index contributed by atoms with van der Waals surface area (Å²) in [6.45, 7) is 5.37. The van der Waals surface area contributed by atoms with Crippen molar-refractivity contribution in [1.82, 2.24) is 9.88 Å². The Morgan fingerprint density at radius 1 is 1.11 bits per heavy atom. The van der Waals surface area contributed by atoms with Crippen molar-refractivity contribution in [2.45, 2.75) is 26.9 Å². The summed E-state index contributed by atoms with van der Waals surface area (Å²) in [7, 11) is 3.68. The molecule has 0 unspecified atom stereocenters. The Hall–Kier alpha value is -2.92. The number of carbonyl (C=O) groups is 1. The summed E-state index contributed by atoms with van der Waals surface area (Å²) in [5, 5.41) is 0.977. The summed E-state index contributed by atoms with van der Waals surface area (Å²) < 4.78 is 10.6. The van der Waals surface area contributed by atoms with Crippen molar-refractivity contribution >= 4 is 16.9 Å². The second-order valence-electron chi connectivity index (χ2n) is 6.82. The number of aryl methyl sites for hydroxylation is 1. The first-order valence-electron chi connectivity index (χ1n) is 9.40. The number of aromatic nitrogens is 1. The maximum atomic E-state index is 12.7. The van der Waals surface area contributed by atoms with Crippen LogP contribution in [0.25, 0.3) is 10.9 Å². The molecule has 0 saturated carbocycles. The minimum Gasteiger partial charge on any atom is -0.497 e. The lowest BCUT2D eigenvalue weighted by Crippen LogP contribution is -2.22. The van der Waals surface area contributed by atoms with Crippen LogP contribution in [0.1, 0.15) is 34.1 Å². The molecule has 0 amide bonds. The number of esters is 1. The number of benzene rings is 2. The van der Waals surface area contributed by atoms with Crippen LogP contribution < -0.4 is 4.74 Å². The van der Waals surface area contributed by atoms with E-state index in [1.807, 2.05) is 63.4 Å². The Kier molecular flexibility index (Phi) is 6.26. The predicted octanol–water partition coefficient (Wildman–Crippen LogP) is 4.36. The predicted molar refractivity (Wildman–Crippen MR) is 111 cm³/mol. The summed E-state index contributed by atoms with van der Waals surface area (Å²) in [5.74, 6) is 0.515. The molecular formula is C23H26N2O3. The van der Waals surface area contributed by atoms with Gasteiger partial charge in [0.25, 0.3) is 0 Å². The fourth-order valence-corrected chi connectivity index (χ4v) is 3.42. The van der Waals surface area contributed by atoms with E-state index in [0.29, 0.717) is 25.3 Å². The molecule has 146 valence electrons. The van der Waals surface area contributed by atoms with Crippen molar-refractivity contribution in [3.8, 4) is 5.75 Å². The zero-order valence-electron chi connectivity index (χ0n) is 16.9. The average Bonchev–Trinajstić information content (AvgIpc) is 2.68. The molecule has 5 heteroatoms. The number of nitrogens with zero attached hydrogens (tertiary/aromatic N) is 2. The van der Waals surface area contributed by atoms with E-state index in [1.165, 1.54) is 0 Å². The Bertz CT molecular complexity index is 985. The molecular weight excluding hydrogens is 352 g/mol. The van der Waals surface area contributed by atoms with Gasteiger partial charge in [-0.2, -0.15) is 0 Å². The van der Waals surface area contributed by atoms with Gasteiger partial charge in [0, 0.05) is 18.5 Å². The van der Waals surface area contributed by atoms with Crippen molar-refractivity contribution < 1.29 is 14.3 Å². The molecule has 0 spiro atoms. The molecule has 0 aliphatic carbocycles. The molecule has 28 heavy (non-hydrogen) atoms. The van der Waals surface area contributed by atoms with Gasteiger partial charge in [-0.1, -0.05) is 30.3 Å². The molecule has 5 nitrogen and oxygen atoms in total. The van der Waals surface area contributed by atoms with E-state index in [2.05, 4.69) is 11.0 Å². The summed E-state index contributed by atoms with van der Waals surface area (Å²) in [6.07, 6.45) is 0. The third-order valence-corrected chi connectivity index (χ3v) is 4.71. The fourth-order valence-electron chi connectivity index (χ4n) is 3.42. The van der Waals surface area contributed by atoms with Gasteiger partial charge in [0.1, 0.15) is 5.75 Å². The zero-order chi connectivity index (χ0) is 20.1. The number of fused-ring (bicyclic) bond motifs is 1. The summed E-state index contributed by atoms with van der Waals surface area (Å²) in [4.78, 5) is 19.6. The van der Waals surface area contributed by atoms with E-state index in [1.54, 1.807) is 7.11 Å². The monoisotopic (exact) mass is 378 g/mol. The van der Waals surface area contributed by atoms with E-state index in [-0.39, 0.29) is 5.97 Å². The molecule has 2 aromatic carbocycles. The van der Waals surface area contributed by atoms with Crippen LogP contribution in [0.5, 0.6) is 5.75 Å². The lowest BCUT2D eigenvalue weighted by molar-refractivity contribution is 0.0522. The van der Waals surface area contributed by atoms with Crippen LogP contribution in [0, 0.1) is 6.92 Å². The van der Waals surface area contributed by atoms with Crippen LogP contribution in [0.15, 0.2) is 48.5 Å². The highest BCUT2D eigenvalue weighted by Crippen LogP contribution is 2.25. The summed E-state index contributed by atoms with van der Waals surface area (Å²) >= 11 is 0. The number of rotatable bonds is 7. The number of ether oxygens (including phenoxy) is 2. The van der Waals surface area contributed by atoms with E-state index < -0.39 is 0 Å². The fraction of sp³-hybridized carbons (Fsp3) is 0.304. The molecule has 0 radical (unpaired) electrons. The second-order valence-corrected chi connectivity index (χ2v) is 6.82. The number of pyridine rings is 1.